The van der Waals surface area contributed by atoms with Crippen LogP contribution in [0, 0.1) is 16.9 Å². The zero-order valence-corrected chi connectivity index (χ0v) is 20.1. The van der Waals surface area contributed by atoms with E-state index in [2.05, 4.69) is 30.4 Å². The molecule has 0 saturated heterocycles. The Morgan fingerprint density at radius 1 is 1.36 bits per heavy atom. The van der Waals surface area contributed by atoms with Crippen molar-refractivity contribution in [3.63, 3.8) is 0 Å². The number of aromatic nitrogens is 4. The van der Waals surface area contributed by atoms with Crippen LogP contribution in [0.15, 0.2) is 63.3 Å². The first-order chi connectivity index (χ1) is 17.4. The molecule has 3 aromatic rings. The van der Waals surface area contributed by atoms with Crippen molar-refractivity contribution in [2.45, 2.75) is 25.3 Å². The molecule has 1 aliphatic carbocycles. The highest BCUT2D eigenvalue weighted by Crippen LogP contribution is 2.40. The van der Waals surface area contributed by atoms with Gasteiger partial charge in [-0.2, -0.15) is 9.83 Å². The Labute approximate surface area is 211 Å². The van der Waals surface area contributed by atoms with Gasteiger partial charge in [0.1, 0.15) is 18.7 Å². The predicted octanol–water partition coefficient (Wildman–Crippen LogP) is 3.81. The number of nitrogens with zero attached hydrogens (tertiary/aromatic N) is 8. The molecule has 36 heavy (non-hydrogen) atoms. The number of halogens is 2. The Balaban J connectivity index is 1.70. The maximum atomic E-state index is 15.0. The molecule has 2 heterocycles. The Morgan fingerprint density at radius 3 is 2.81 bits per heavy atom. The highest BCUT2D eigenvalue weighted by Gasteiger charge is 2.30. The van der Waals surface area contributed by atoms with E-state index in [-0.39, 0.29) is 16.3 Å². The molecule has 1 fully saturated rings. The van der Waals surface area contributed by atoms with Crippen LogP contribution in [-0.4, -0.2) is 27.3 Å². The Bertz CT molecular complexity index is 1360. The van der Waals surface area contributed by atoms with E-state index in [1.165, 1.54) is 30.9 Å². The summed E-state index contributed by atoms with van der Waals surface area (Å²) in [5.41, 5.74) is 7.34. The lowest BCUT2D eigenvalue weighted by atomic mass is 10.0. The maximum Gasteiger partial charge on any atom is 0.217 e. The minimum absolute atomic E-state index is 0.0556. The van der Waals surface area contributed by atoms with Gasteiger partial charge in [0.05, 0.1) is 27.4 Å². The second-order valence-corrected chi connectivity index (χ2v) is 8.61. The Hall–Kier alpha value is -4.19. The summed E-state index contributed by atoms with van der Waals surface area (Å²) in [5, 5.41) is 23.7. The molecule has 2 aromatic heterocycles. The summed E-state index contributed by atoms with van der Waals surface area (Å²) in [6.07, 6.45) is 9.63. The Kier molecular flexibility index (Phi) is 7.64. The van der Waals surface area contributed by atoms with E-state index in [4.69, 9.17) is 23.2 Å². The van der Waals surface area contributed by atoms with Crippen molar-refractivity contribution in [3.05, 3.63) is 70.6 Å². The molecule has 1 aromatic carbocycles. The molecule has 13 heteroatoms. The average molecular weight is 511 g/mol. The summed E-state index contributed by atoms with van der Waals surface area (Å²) >= 11 is 6.00. The second kappa shape index (κ2) is 11.0. The molecule has 0 bridgehead atoms. The molecule has 0 amide bonds. The van der Waals surface area contributed by atoms with Crippen LogP contribution >= 0.6 is 11.6 Å². The normalized spacial score (nSPS) is 15.5. The van der Waals surface area contributed by atoms with Crippen LogP contribution in [0.2, 0.25) is 5.02 Å². The minimum Gasteiger partial charge on any atom is -0.618 e. The number of aryl methyl sites for hydroxylation is 1. The lowest BCUT2D eigenvalue weighted by molar-refractivity contribution is -0.615. The van der Waals surface area contributed by atoms with E-state index in [1.807, 2.05) is 0 Å². The van der Waals surface area contributed by atoms with Crippen molar-refractivity contribution >= 4 is 35.4 Å². The predicted molar refractivity (Wildman–Crippen MR) is 135 cm³/mol. The molecule has 4 rings (SSSR count). The SMILES string of the molecule is Cn1ncnc1/C(C=NC(CC1CC1)c1ccc(-c2c(N=CN=NN)ccc(Cl)c2F)c[n+]1[O-])=C/N. The molecular weight excluding hydrogens is 487 g/mol. The van der Waals surface area contributed by atoms with Gasteiger partial charge in [0.2, 0.25) is 5.69 Å². The third-order valence-electron chi connectivity index (χ3n) is 5.76. The molecule has 1 saturated carbocycles. The van der Waals surface area contributed by atoms with Gasteiger partial charge in [-0.1, -0.05) is 29.7 Å². The standard InChI is InChI=1S/C23H24ClFN10O/c1-34-23(30-13-32-34)16(9-26)10-28-19(8-14-2-3-14)20-7-4-15(11-35(20)36)21-18(29-12-31-33-27)6-5-17(24)22(21)25/h4-7,9-14,19H,2-3,8,26H2,1H3,(H2,27,29,31)/b16-9+,28-10?. The zero-order valence-electron chi connectivity index (χ0n) is 19.4. The minimum atomic E-state index is -0.710. The Morgan fingerprint density at radius 2 is 2.17 bits per heavy atom. The van der Waals surface area contributed by atoms with Gasteiger partial charge < -0.3 is 16.8 Å². The number of hydrogen-bond acceptors (Lipinski definition) is 7. The highest BCUT2D eigenvalue weighted by molar-refractivity contribution is 6.31. The van der Waals surface area contributed by atoms with Gasteiger partial charge >= 0.3 is 0 Å². The first kappa shape index (κ1) is 24.9. The summed E-state index contributed by atoms with van der Waals surface area (Å²) in [6, 6.07) is 5.72. The quantitative estimate of drug-likeness (QED) is 0.0850. The van der Waals surface area contributed by atoms with Gasteiger partial charge in [0, 0.05) is 25.5 Å². The fraction of sp³-hybridized carbons (Fsp3) is 0.261. The van der Waals surface area contributed by atoms with Crippen LogP contribution in [0.4, 0.5) is 10.1 Å². The van der Waals surface area contributed by atoms with Crippen LogP contribution in [0.1, 0.15) is 36.8 Å². The average Bonchev–Trinajstić information content (AvgIpc) is 3.59. The molecule has 0 spiro atoms. The van der Waals surface area contributed by atoms with E-state index in [0.29, 0.717) is 39.7 Å². The van der Waals surface area contributed by atoms with Crippen molar-refractivity contribution in [1.82, 2.24) is 14.8 Å². The number of hydrogen-bond donors (Lipinski definition) is 2. The van der Waals surface area contributed by atoms with Crippen LogP contribution in [0.5, 0.6) is 0 Å². The fourth-order valence-electron chi connectivity index (χ4n) is 3.77. The van der Waals surface area contributed by atoms with Crippen LogP contribution in [-0.2, 0) is 7.05 Å². The number of pyridine rings is 1. The van der Waals surface area contributed by atoms with Gasteiger partial charge in [-0.15, -0.1) is 5.11 Å². The second-order valence-electron chi connectivity index (χ2n) is 8.20. The van der Waals surface area contributed by atoms with Crippen molar-refractivity contribution < 1.29 is 9.12 Å². The van der Waals surface area contributed by atoms with Gasteiger partial charge in [0.15, 0.2) is 17.8 Å². The fourth-order valence-corrected chi connectivity index (χ4v) is 3.93. The summed E-state index contributed by atoms with van der Waals surface area (Å²) in [7, 11) is 1.75. The highest BCUT2D eigenvalue weighted by atomic mass is 35.5. The lowest BCUT2D eigenvalue weighted by Crippen LogP contribution is -2.33. The van der Waals surface area contributed by atoms with Crippen molar-refractivity contribution in [3.8, 4) is 11.1 Å². The van der Waals surface area contributed by atoms with Crippen molar-refractivity contribution in [2.24, 2.45) is 44.9 Å². The van der Waals surface area contributed by atoms with E-state index in [9.17, 15) is 9.60 Å². The van der Waals surface area contributed by atoms with Crippen LogP contribution in [0.3, 0.4) is 0 Å². The number of nitrogens with two attached hydrogens (primary N) is 2. The monoisotopic (exact) mass is 510 g/mol. The molecule has 11 nitrogen and oxygen atoms in total. The molecule has 1 unspecified atom stereocenters. The van der Waals surface area contributed by atoms with E-state index in [0.717, 1.165) is 19.2 Å². The molecule has 1 atom stereocenters. The van der Waals surface area contributed by atoms with Gasteiger partial charge in [-0.05, 0) is 30.5 Å². The molecule has 1 aliphatic rings. The number of aliphatic imine (C=N–C) groups is 2. The number of benzene rings is 1. The first-order valence-electron chi connectivity index (χ1n) is 11.1. The molecule has 186 valence electrons. The van der Waals surface area contributed by atoms with Crippen LogP contribution < -0.4 is 16.3 Å². The molecule has 0 aliphatic heterocycles. The van der Waals surface area contributed by atoms with E-state index >= 15 is 0 Å². The summed E-state index contributed by atoms with van der Waals surface area (Å²) in [4.78, 5) is 12.9. The zero-order chi connectivity index (χ0) is 25.7. The molecular formula is C23H24ClFN10O. The van der Waals surface area contributed by atoms with Gasteiger partial charge in [0.25, 0.3) is 0 Å². The summed E-state index contributed by atoms with van der Waals surface area (Å²) in [5.74, 6) is 5.31. The summed E-state index contributed by atoms with van der Waals surface area (Å²) in [6.45, 7) is 0. The van der Waals surface area contributed by atoms with Crippen LogP contribution in [0.25, 0.3) is 16.7 Å². The van der Waals surface area contributed by atoms with Crippen molar-refractivity contribution in [2.75, 3.05) is 0 Å². The maximum absolute atomic E-state index is 15.0. The van der Waals surface area contributed by atoms with E-state index < -0.39 is 11.9 Å². The number of allylic oxidation sites excluding steroid dienone is 1. The van der Waals surface area contributed by atoms with Gasteiger partial charge in [-0.3, -0.25) is 4.99 Å². The first-order valence-corrected chi connectivity index (χ1v) is 11.4. The largest absolute Gasteiger partial charge is 0.618 e. The van der Waals surface area contributed by atoms with Crippen molar-refractivity contribution in [1.29, 1.82) is 0 Å². The third-order valence-corrected chi connectivity index (χ3v) is 6.05. The third kappa shape index (κ3) is 5.54. The lowest BCUT2D eigenvalue weighted by Gasteiger charge is -2.14. The smallest absolute Gasteiger partial charge is 0.217 e. The molecule has 0 radical (unpaired) electrons. The molecule has 4 N–H and O–H groups in total. The van der Waals surface area contributed by atoms with Gasteiger partial charge in [-0.25, -0.2) is 19.0 Å². The summed E-state index contributed by atoms with van der Waals surface area (Å²) < 4.78 is 17.3. The van der Waals surface area contributed by atoms with E-state index in [1.54, 1.807) is 30.1 Å². The topological polar surface area (TPSA) is 159 Å². The number of rotatable bonds is 9.